The lowest BCUT2D eigenvalue weighted by molar-refractivity contribution is -0.144. The van der Waals surface area contributed by atoms with Crippen LogP contribution in [0.25, 0.3) is 10.9 Å². The van der Waals surface area contributed by atoms with Crippen molar-refractivity contribution in [2.24, 2.45) is 17.4 Å². The van der Waals surface area contributed by atoms with Crippen LogP contribution in [-0.2, 0) is 35.2 Å². The van der Waals surface area contributed by atoms with E-state index in [0.717, 1.165) is 10.9 Å². The molecule has 0 aliphatic heterocycles. The number of carbonyl (C=O) groups excluding carboxylic acids is 4. The van der Waals surface area contributed by atoms with Crippen molar-refractivity contribution in [3.8, 4) is 0 Å². The Kier molecular flexibility index (Phi) is 11.0. The first-order valence-electron chi connectivity index (χ1n) is 12.2. The zero-order valence-corrected chi connectivity index (χ0v) is 21.6. The maximum absolute atomic E-state index is 13.2. The van der Waals surface area contributed by atoms with Crippen LogP contribution in [0.3, 0.4) is 0 Å². The third-order valence-electron chi connectivity index (χ3n) is 6.01. The van der Waals surface area contributed by atoms with Crippen LogP contribution < -0.4 is 27.4 Å². The molecule has 0 saturated carbocycles. The lowest BCUT2D eigenvalue weighted by Crippen LogP contribution is -2.58. The maximum atomic E-state index is 13.2. The Hall–Kier alpha value is -4.46. The number of rotatable bonds is 15. The number of H-pyrrole nitrogens is 1. The molecule has 0 bridgehead atoms. The van der Waals surface area contributed by atoms with Crippen molar-refractivity contribution in [3.63, 3.8) is 0 Å². The number of carbonyl (C=O) groups is 6. The maximum Gasteiger partial charge on any atom is 0.326 e. The summed E-state index contributed by atoms with van der Waals surface area (Å²) in [5.74, 6) is -6.54. The number of fused-ring (bicyclic) bond motifs is 1. The van der Waals surface area contributed by atoms with Gasteiger partial charge in [-0.05, 0) is 24.0 Å². The summed E-state index contributed by atoms with van der Waals surface area (Å²) in [7, 11) is 0. The SMILES string of the molecule is CC(C)C(NC(=O)C(Cc1c[nH]c2ccccc12)NC(=O)C(CC(=O)O)NC(=O)C(N)CCC(N)=O)C(=O)O. The van der Waals surface area contributed by atoms with Gasteiger partial charge in [0.05, 0.1) is 12.5 Å². The van der Waals surface area contributed by atoms with Crippen LogP contribution in [0.5, 0.6) is 0 Å². The molecule has 0 aliphatic rings. The molecule has 212 valence electrons. The minimum absolute atomic E-state index is 0.0715. The Morgan fingerprint density at radius 3 is 2.13 bits per heavy atom. The van der Waals surface area contributed by atoms with Crippen molar-refractivity contribution in [3.05, 3.63) is 36.0 Å². The molecule has 1 heterocycles. The standard InChI is InChI=1S/C25H34N6O8/c1-12(2)21(25(38)39)31-24(37)17(9-13-11-28-16-6-4-3-5-14(13)16)30-23(36)18(10-20(33)34)29-22(35)15(26)7-8-19(27)32/h3-6,11-12,15,17-18,21,28H,7-10,26H2,1-2H3,(H2,27,32)(H,29,35)(H,30,36)(H,31,37)(H,33,34)(H,38,39). The van der Waals surface area contributed by atoms with Gasteiger partial charge >= 0.3 is 11.9 Å². The molecule has 0 aliphatic carbocycles. The molecule has 10 N–H and O–H groups in total. The number of benzene rings is 1. The van der Waals surface area contributed by atoms with Gasteiger partial charge in [0.25, 0.3) is 0 Å². The second-order valence-electron chi connectivity index (χ2n) is 9.46. The molecule has 4 atom stereocenters. The number of aromatic amines is 1. The number of carboxylic acids is 2. The van der Waals surface area contributed by atoms with Crippen molar-refractivity contribution in [2.75, 3.05) is 0 Å². The van der Waals surface area contributed by atoms with Crippen molar-refractivity contribution >= 4 is 46.5 Å². The third kappa shape index (κ3) is 9.10. The van der Waals surface area contributed by atoms with Gasteiger partial charge < -0.3 is 42.6 Å². The zero-order valence-electron chi connectivity index (χ0n) is 21.6. The quantitative estimate of drug-likeness (QED) is 0.136. The molecule has 1 aromatic heterocycles. The molecule has 0 saturated heterocycles. The van der Waals surface area contributed by atoms with Crippen LogP contribution in [0.2, 0.25) is 0 Å². The van der Waals surface area contributed by atoms with E-state index in [2.05, 4.69) is 20.9 Å². The van der Waals surface area contributed by atoms with Crippen molar-refractivity contribution in [1.29, 1.82) is 0 Å². The smallest absolute Gasteiger partial charge is 0.326 e. The molecule has 39 heavy (non-hydrogen) atoms. The normalized spacial score (nSPS) is 14.2. The van der Waals surface area contributed by atoms with Gasteiger partial charge in [0, 0.05) is 29.9 Å². The number of aliphatic carboxylic acids is 2. The number of carboxylic acid groups (broad SMARTS) is 2. The molecule has 14 nitrogen and oxygen atoms in total. The fraction of sp³-hybridized carbons (Fsp3) is 0.440. The highest BCUT2D eigenvalue weighted by Gasteiger charge is 2.32. The molecule has 4 amide bonds. The highest BCUT2D eigenvalue weighted by atomic mass is 16.4. The molecule has 1 aromatic carbocycles. The van der Waals surface area contributed by atoms with Gasteiger partial charge in [0.2, 0.25) is 23.6 Å². The first-order chi connectivity index (χ1) is 18.3. The minimum atomic E-state index is -1.62. The number of aromatic nitrogens is 1. The second-order valence-corrected chi connectivity index (χ2v) is 9.46. The van der Waals surface area contributed by atoms with Crippen LogP contribution in [-0.4, -0.2) is 74.9 Å². The predicted molar refractivity (Wildman–Crippen MR) is 139 cm³/mol. The summed E-state index contributed by atoms with van der Waals surface area (Å²) in [6.07, 6.45) is 0.420. The molecule has 0 spiro atoms. The Balaban J connectivity index is 2.31. The molecule has 14 heteroatoms. The van der Waals surface area contributed by atoms with E-state index in [1.807, 2.05) is 12.1 Å². The number of nitrogens with two attached hydrogens (primary N) is 2. The van der Waals surface area contributed by atoms with Crippen LogP contribution >= 0.6 is 0 Å². The van der Waals surface area contributed by atoms with Gasteiger partial charge in [0.1, 0.15) is 18.1 Å². The molecule has 2 aromatic rings. The molecule has 4 unspecified atom stereocenters. The zero-order chi connectivity index (χ0) is 29.3. The first-order valence-corrected chi connectivity index (χ1v) is 12.2. The highest BCUT2D eigenvalue weighted by molar-refractivity contribution is 5.96. The van der Waals surface area contributed by atoms with E-state index >= 15 is 0 Å². The van der Waals surface area contributed by atoms with Gasteiger partial charge in [0.15, 0.2) is 0 Å². The Morgan fingerprint density at radius 2 is 1.54 bits per heavy atom. The third-order valence-corrected chi connectivity index (χ3v) is 6.01. The summed E-state index contributed by atoms with van der Waals surface area (Å²) < 4.78 is 0. The largest absolute Gasteiger partial charge is 0.481 e. The molecule has 0 radical (unpaired) electrons. The van der Waals surface area contributed by atoms with E-state index in [1.165, 1.54) is 0 Å². The number of primary amides is 1. The highest BCUT2D eigenvalue weighted by Crippen LogP contribution is 2.19. The van der Waals surface area contributed by atoms with Gasteiger partial charge in [-0.1, -0.05) is 32.0 Å². The van der Waals surface area contributed by atoms with Crippen molar-refractivity contribution in [1.82, 2.24) is 20.9 Å². The van der Waals surface area contributed by atoms with Gasteiger partial charge in [-0.2, -0.15) is 0 Å². The number of nitrogens with one attached hydrogen (secondary N) is 4. The van der Waals surface area contributed by atoms with Crippen LogP contribution in [0.15, 0.2) is 30.5 Å². The van der Waals surface area contributed by atoms with Gasteiger partial charge in [-0.3, -0.25) is 24.0 Å². The average molecular weight is 547 g/mol. The summed E-state index contributed by atoms with van der Waals surface area (Å²) in [4.78, 5) is 75.9. The molecular weight excluding hydrogens is 512 g/mol. The van der Waals surface area contributed by atoms with Crippen LogP contribution in [0.4, 0.5) is 0 Å². The predicted octanol–water partition coefficient (Wildman–Crippen LogP) is -1.03. The number of amides is 4. The Labute approximate surface area is 223 Å². The van der Waals surface area contributed by atoms with E-state index in [-0.39, 0.29) is 19.3 Å². The van der Waals surface area contributed by atoms with Crippen LogP contribution in [0, 0.1) is 5.92 Å². The summed E-state index contributed by atoms with van der Waals surface area (Å²) in [5.41, 5.74) is 12.2. The van der Waals surface area contributed by atoms with Crippen LogP contribution in [0.1, 0.15) is 38.7 Å². The van der Waals surface area contributed by atoms with E-state index in [9.17, 15) is 39.0 Å². The van der Waals surface area contributed by atoms with E-state index in [4.69, 9.17) is 11.5 Å². The second kappa shape index (κ2) is 13.9. The topological polar surface area (TPSA) is 247 Å². The van der Waals surface area contributed by atoms with Crippen molar-refractivity contribution in [2.45, 2.75) is 63.7 Å². The van der Waals surface area contributed by atoms with E-state index < -0.39 is 72.1 Å². The molecule has 2 rings (SSSR count). The Morgan fingerprint density at radius 1 is 0.923 bits per heavy atom. The summed E-state index contributed by atoms with van der Waals surface area (Å²) in [6.45, 7) is 3.21. The average Bonchev–Trinajstić information content (AvgIpc) is 3.26. The lowest BCUT2D eigenvalue weighted by atomic mass is 10.0. The van der Waals surface area contributed by atoms with Gasteiger partial charge in [-0.15, -0.1) is 0 Å². The van der Waals surface area contributed by atoms with E-state index in [1.54, 1.807) is 32.2 Å². The Bertz CT molecular complexity index is 1230. The molecular formula is C25H34N6O8. The minimum Gasteiger partial charge on any atom is -0.481 e. The number of hydrogen-bond donors (Lipinski definition) is 8. The van der Waals surface area contributed by atoms with Crippen molar-refractivity contribution < 1.29 is 39.0 Å². The summed E-state index contributed by atoms with van der Waals surface area (Å²) in [5, 5.41) is 26.7. The fourth-order valence-corrected chi connectivity index (χ4v) is 3.86. The molecule has 0 fully saturated rings. The van der Waals surface area contributed by atoms with E-state index in [0.29, 0.717) is 5.56 Å². The lowest BCUT2D eigenvalue weighted by Gasteiger charge is -2.25. The fourth-order valence-electron chi connectivity index (χ4n) is 3.86. The first kappa shape index (κ1) is 30.8. The number of para-hydroxylation sites is 1. The summed E-state index contributed by atoms with van der Waals surface area (Å²) in [6, 6.07) is 1.77. The monoisotopic (exact) mass is 546 g/mol. The van der Waals surface area contributed by atoms with Gasteiger partial charge in [-0.25, -0.2) is 4.79 Å². The summed E-state index contributed by atoms with van der Waals surface area (Å²) >= 11 is 0. The number of hydrogen-bond acceptors (Lipinski definition) is 7.